The molecule has 1 atom stereocenters. The second-order valence-corrected chi connectivity index (χ2v) is 6.03. The van der Waals surface area contributed by atoms with Gasteiger partial charge in [-0.25, -0.2) is 4.79 Å². The number of para-hydroxylation sites is 1. The molecule has 1 unspecified atom stereocenters. The van der Waals surface area contributed by atoms with Crippen LogP contribution in [-0.4, -0.2) is 31.1 Å². The summed E-state index contributed by atoms with van der Waals surface area (Å²) in [5.41, 5.74) is 1.92. The number of amides is 3. The van der Waals surface area contributed by atoms with Crippen molar-refractivity contribution < 1.29 is 9.59 Å². The van der Waals surface area contributed by atoms with Crippen LogP contribution in [0.3, 0.4) is 0 Å². The first-order valence-corrected chi connectivity index (χ1v) is 8.45. The normalized spacial score (nSPS) is 15.6. The Labute approximate surface area is 159 Å². The molecule has 0 radical (unpaired) electrons. The molecule has 4 N–H and O–H groups in total. The van der Waals surface area contributed by atoms with E-state index in [4.69, 9.17) is 0 Å². The van der Waals surface area contributed by atoms with Gasteiger partial charge in [0.15, 0.2) is 0 Å². The fourth-order valence-electron chi connectivity index (χ4n) is 2.77. The van der Waals surface area contributed by atoms with Crippen molar-refractivity contribution in [2.24, 2.45) is 0 Å². The molecule has 0 aliphatic carbocycles. The Bertz CT molecular complexity index is 716. The van der Waals surface area contributed by atoms with Gasteiger partial charge in [-0.05, 0) is 55.8 Å². The van der Waals surface area contributed by atoms with E-state index in [1.807, 2.05) is 30.3 Å². The molecular weight excluding hydrogens is 352 g/mol. The van der Waals surface area contributed by atoms with E-state index in [0.29, 0.717) is 23.8 Å². The first-order chi connectivity index (χ1) is 12.2. The topological polar surface area (TPSA) is 82.3 Å². The number of halogens is 1. The van der Waals surface area contributed by atoms with Gasteiger partial charge in [0.1, 0.15) is 0 Å². The van der Waals surface area contributed by atoms with Crippen LogP contribution in [-0.2, 0) is 0 Å². The van der Waals surface area contributed by atoms with Crippen LogP contribution in [0.15, 0.2) is 54.6 Å². The zero-order valence-electron chi connectivity index (χ0n) is 14.3. The number of hydrogen-bond donors (Lipinski definition) is 4. The van der Waals surface area contributed by atoms with Gasteiger partial charge in [-0.2, -0.15) is 0 Å². The van der Waals surface area contributed by atoms with Gasteiger partial charge in [-0.1, -0.05) is 18.2 Å². The van der Waals surface area contributed by atoms with Gasteiger partial charge in [0.25, 0.3) is 5.91 Å². The van der Waals surface area contributed by atoms with E-state index < -0.39 is 0 Å². The maximum Gasteiger partial charge on any atom is 0.323 e. The zero-order chi connectivity index (χ0) is 17.5. The quantitative estimate of drug-likeness (QED) is 0.648. The lowest BCUT2D eigenvalue weighted by Crippen LogP contribution is -2.37. The molecular formula is C19H23ClN4O2. The van der Waals surface area contributed by atoms with Crippen LogP contribution in [0.5, 0.6) is 0 Å². The fourth-order valence-corrected chi connectivity index (χ4v) is 2.77. The number of nitrogens with one attached hydrogen (secondary N) is 4. The van der Waals surface area contributed by atoms with E-state index in [1.54, 1.807) is 24.3 Å². The average Bonchev–Trinajstić information content (AvgIpc) is 3.14. The van der Waals surface area contributed by atoms with Crippen molar-refractivity contribution in [1.82, 2.24) is 10.6 Å². The summed E-state index contributed by atoms with van der Waals surface area (Å²) < 4.78 is 0. The minimum Gasteiger partial charge on any atom is -0.350 e. The van der Waals surface area contributed by atoms with Gasteiger partial charge in [0.05, 0.1) is 0 Å². The Morgan fingerprint density at radius 2 is 1.62 bits per heavy atom. The number of rotatable bonds is 5. The Morgan fingerprint density at radius 1 is 0.962 bits per heavy atom. The van der Waals surface area contributed by atoms with Gasteiger partial charge in [0, 0.05) is 29.5 Å². The summed E-state index contributed by atoms with van der Waals surface area (Å²) in [5, 5.41) is 11.8. The number of carbonyl (C=O) groups is 2. The molecule has 0 spiro atoms. The molecule has 1 fully saturated rings. The van der Waals surface area contributed by atoms with Crippen LogP contribution >= 0.6 is 12.4 Å². The van der Waals surface area contributed by atoms with E-state index in [0.717, 1.165) is 25.1 Å². The maximum absolute atomic E-state index is 12.1. The molecule has 0 aromatic heterocycles. The van der Waals surface area contributed by atoms with Crippen LogP contribution in [0.4, 0.5) is 16.2 Å². The van der Waals surface area contributed by atoms with Crippen LogP contribution in [0.25, 0.3) is 0 Å². The van der Waals surface area contributed by atoms with Gasteiger partial charge in [-0.15, -0.1) is 12.4 Å². The predicted octanol–water partition coefficient (Wildman–Crippen LogP) is 3.23. The number of anilines is 2. The van der Waals surface area contributed by atoms with Crippen LogP contribution in [0, 0.1) is 0 Å². The van der Waals surface area contributed by atoms with E-state index >= 15 is 0 Å². The van der Waals surface area contributed by atoms with Crippen molar-refractivity contribution in [3.8, 4) is 0 Å². The van der Waals surface area contributed by atoms with E-state index in [-0.39, 0.29) is 24.3 Å². The molecule has 1 aliphatic rings. The molecule has 2 aromatic carbocycles. The third kappa shape index (κ3) is 5.75. The minimum absolute atomic E-state index is 0. The molecule has 2 aromatic rings. The lowest BCUT2D eigenvalue weighted by molar-refractivity contribution is 0.0950. The standard InChI is InChI=1S/C19H22N4O2.ClH/c24-18(21-13-17-7-4-12-20-17)14-8-10-16(11-9-14)23-19(25)22-15-5-2-1-3-6-15;/h1-3,5-6,8-11,17,20H,4,7,12-13H2,(H,21,24)(H2,22,23,25);1H. The lowest BCUT2D eigenvalue weighted by Gasteiger charge is -2.12. The molecule has 7 heteroatoms. The molecule has 0 saturated carbocycles. The molecule has 1 aliphatic heterocycles. The molecule has 138 valence electrons. The number of hydrogen-bond acceptors (Lipinski definition) is 3. The zero-order valence-corrected chi connectivity index (χ0v) is 15.1. The first kappa shape index (κ1) is 19.8. The van der Waals surface area contributed by atoms with Crippen molar-refractivity contribution in [1.29, 1.82) is 0 Å². The highest BCUT2D eigenvalue weighted by Gasteiger charge is 2.15. The fraction of sp³-hybridized carbons (Fsp3) is 0.263. The van der Waals surface area contributed by atoms with Crippen LogP contribution in [0.2, 0.25) is 0 Å². The highest BCUT2D eigenvalue weighted by molar-refractivity contribution is 6.00. The summed E-state index contributed by atoms with van der Waals surface area (Å²) in [6.07, 6.45) is 2.26. The monoisotopic (exact) mass is 374 g/mol. The van der Waals surface area contributed by atoms with Crippen molar-refractivity contribution in [2.75, 3.05) is 23.7 Å². The van der Waals surface area contributed by atoms with E-state index in [2.05, 4.69) is 21.3 Å². The average molecular weight is 375 g/mol. The Balaban J connectivity index is 0.00000243. The molecule has 1 heterocycles. The minimum atomic E-state index is -0.323. The highest BCUT2D eigenvalue weighted by Crippen LogP contribution is 2.11. The summed E-state index contributed by atoms with van der Waals surface area (Å²) in [7, 11) is 0. The smallest absolute Gasteiger partial charge is 0.323 e. The molecule has 3 rings (SSSR count). The van der Waals surface area contributed by atoms with Gasteiger partial charge in [-0.3, -0.25) is 4.79 Å². The maximum atomic E-state index is 12.1. The summed E-state index contributed by atoms with van der Waals surface area (Å²) in [6.45, 7) is 1.66. The molecule has 26 heavy (non-hydrogen) atoms. The van der Waals surface area contributed by atoms with Crippen molar-refractivity contribution in [3.05, 3.63) is 60.2 Å². The number of benzene rings is 2. The summed E-state index contributed by atoms with van der Waals surface area (Å²) in [5.74, 6) is -0.103. The molecule has 0 bridgehead atoms. The summed E-state index contributed by atoms with van der Waals surface area (Å²) in [6, 6.07) is 16.1. The van der Waals surface area contributed by atoms with E-state index in [1.165, 1.54) is 0 Å². The predicted molar refractivity (Wildman–Crippen MR) is 106 cm³/mol. The SMILES string of the molecule is Cl.O=C(Nc1ccccc1)Nc1ccc(C(=O)NCC2CCCN2)cc1. The Kier molecular flexibility index (Phi) is 7.44. The number of carbonyl (C=O) groups excluding carboxylic acids is 2. The lowest BCUT2D eigenvalue weighted by atomic mass is 10.2. The first-order valence-electron chi connectivity index (χ1n) is 8.45. The molecule has 3 amide bonds. The van der Waals surface area contributed by atoms with Crippen molar-refractivity contribution in [2.45, 2.75) is 18.9 Å². The summed E-state index contributed by atoms with van der Waals surface area (Å²) in [4.78, 5) is 24.1. The van der Waals surface area contributed by atoms with Crippen molar-refractivity contribution in [3.63, 3.8) is 0 Å². The van der Waals surface area contributed by atoms with E-state index in [9.17, 15) is 9.59 Å². The van der Waals surface area contributed by atoms with Gasteiger partial charge >= 0.3 is 6.03 Å². The Morgan fingerprint density at radius 3 is 2.23 bits per heavy atom. The molecule has 1 saturated heterocycles. The number of urea groups is 1. The van der Waals surface area contributed by atoms with Crippen LogP contribution < -0.4 is 21.3 Å². The van der Waals surface area contributed by atoms with Crippen LogP contribution in [0.1, 0.15) is 23.2 Å². The van der Waals surface area contributed by atoms with Crippen molar-refractivity contribution >= 4 is 35.7 Å². The third-order valence-corrected chi connectivity index (χ3v) is 4.11. The largest absolute Gasteiger partial charge is 0.350 e. The van der Waals surface area contributed by atoms with Gasteiger partial charge in [0.2, 0.25) is 0 Å². The summed E-state index contributed by atoms with van der Waals surface area (Å²) >= 11 is 0. The third-order valence-electron chi connectivity index (χ3n) is 4.11. The molecule has 6 nitrogen and oxygen atoms in total. The highest BCUT2D eigenvalue weighted by atomic mass is 35.5. The Hall–Kier alpha value is -2.57. The second-order valence-electron chi connectivity index (χ2n) is 6.03. The van der Waals surface area contributed by atoms with Gasteiger partial charge < -0.3 is 21.3 Å². The second kappa shape index (κ2) is 9.79.